The third-order valence-corrected chi connectivity index (χ3v) is 12.3. The second-order valence-corrected chi connectivity index (χ2v) is 18.8. The van der Waals surface area contributed by atoms with E-state index in [9.17, 15) is 14.4 Å². The number of carbonyl (C=O) groups excluding carboxylic acids is 3. The van der Waals surface area contributed by atoms with E-state index in [4.69, 9.17) is 14.2 Å². The van der Waals surface area contributed by atoms with E-state index in [2.05, 4.69) is 81.5 Å². The van der Waals surface area contributed by atoms with Gasteiger partial charge in [0.15, 0.2) is 6.10 Å². The Bertz CT molecular complexity index is 1200. The fraction of sp³-hybridized carbons (Fsp3) is 0.783. The molecule has 66 heavy (non-hydrogen) atoms. The predicted molar refractivity (Wildman–Crippen MR) is 284 cm³/mol. The van der Waals surface area contributed by atoms with Gasteiger partial charge in [-0.05, 0) is 83.5 Å². The first-order chi connectivity index (χ1) is 32.5. The van der Waals surface area contributed by atoms with E-state index in [0.29, 0.717) is 19.3 Å². The molecule has 0 aromatic rings. The molecule has 0 heterocycles. The van der Waals surface area contributed by atoms with Crippen LogP contribution in [0.25, 0.3) is 0 Å². The Balaban J connectivity index is 4.22. The van der Waals surface area contributed by atoms with Gasteiger partial charge < -0.3 is 14.2 Å². The van der Waals surface area contributed by atoms with Gasteiger partial charge in [0.05, 0.1) is 0 Å². The quantitative estimate of drug-likeness (QED) is 0.0262. The third-order valence-electron chi connectivity index (χ3n) is 12.3. The Labute approximate surface area is 409 Å². The second-order valence-electron chi connectivity index (χ2n) is 18.8. The number of allylic oxidation sites excluding steroid dienone is 10. The number of hydrogen-bond acceptors (Lipinski definition) is 6. The minimum Gasteiger partial charge on any atom is -0.462 e. The molecule has 0 saturated heterocycles. The molecule has 0 fully saturated rings. The largest absolute Gasteiger partial charge is 0.462 e. The van der Waals surface area contributed by atoms with Crippen LogP contribution in [0, 0.1) is 0 Å². The summed E-state index contributed by atoms with van der Waals surface area (Å²) in [5.74, 6) is -0.885. The lowest BCUT2D eigenvalue weighted by Gasteiger charge is -2.18. The molecule has 0 amide bonds. The van der Waals surface area contributed by atoms with Crippen LogP contribution in [-0.2, 0) is 28.6 Å². The summed E-state index contributed by atoms with van der Waals surface area (Å²) in [6, 6.07) is 0. The van der Waals surface area contributed by atoms with Gasteiger partial charge in [0.2, 0.25) is 0 Å². The van der Waals surface area contributed by atoms with Crippen LogP contribution in [0.5, 0.6) is 0 Å². The average Bonchev–Trinajstić information content (AvgIpc) is 3.31. The van der Waals surface area contributed by atoms with Crippen molar-refractivity contribution < 1.29 is 28.6 Å². The van der Waals surface area contributed by atoms with Crippen molar-refractivity contribution in [1.29, 1.82) is 0 Å². The third kappa shape index (κ3) is 52.1. The fourth-order valence-electron chi connectivity index (χ4n) is 8.02. The van der Waals surface area contributed by atoms with Crippen LogP contribution in [0.3, 0.4) is 0 Å². The van der Waals surface area contributed by atoms with Crippen molar-refractivity contribution >= 4 is 17.9 Å². The summed E-state index contributed by atoms with van der Waals surface area (Å²) in [5.41, 5.74) is 0. The Morgan fingerprint density at radius 1 is 0.318 bits per heavy atom. The lowest BCUT2D eigenvalue weighted by atomic mass is 10.0. The van der Waals surface area contributed by atoms with E-state index in [-0.39, 0.29) is 31.1 Å². The highest BCUT2D eigenvalue weighted by Crippen LogP contribution is 2.16. The number of carbonyl (C=O) groups is 3. The van der Waals surface area contributed by atoms with Crippen LogP contribution in [0.1, 0.15) is 284 Å². The van der Waals surface area contributed by atoms with Crippen LogP contribution in [-0.4, -0.2) is 37.2 Å². The number of hydrogen-bond donors (Lipinski definition) is 0. The van der Waals surface area contributed by atoms with Crippen molar-refractivity contribution in [3.63, 3.8) is 0 Å². The topological polar surface area (TPSA) is 78.9 Å². The predicted octanol–water partition coefficient (Wildman–Crippen LogP) is 18.8. The molecule has 0 bridgehead atoms. The van der Waals surface area contributed by atoms with Crippen molar-refractivity contribution in [3.8, 4) is 0 Å². The van der Waals surface area contributed by atoms with Crippen molar-refractivity contribution in [2.24, 2.45) is 0 Å². The number of rotatable bonds is 51. The van der Waals surface area contributed by atoms with E-state index in [1.54, 1.807) is 0 Å². The first-order valence-electron chi connectivity index (χ1n) is 28.3. The Morgan fingerprint density at radius 3 is 0.924 bits per heavy atom. The standard InChI is InChI=1S/C60H106O6/c1-4-7-10-13-16-19-21-23-25-27-28-29-30-31-32-34-35-37-39-41-44-47-50-53-59(62)65-56-57(55-64-58(61)52-49-46-43-18-15-12-9-6-3)66-60(63)54-51-48-45-42-40-38-36-33-26-24-22-20-17-14-11-8-5-2/h8,11,17,20-21,23-24,26-28,57H,4-7,9-10,12-16,18-19,22,25,29-56H2,1-3H3/b11-8-,20-17-,23-21-,26-24-,28-27-. The van der Waals surface area contributed by atoms with Gasteiger partial charge in [0.1, 0.15) is 13.2 Å². The highest BCUT2D eigenvalue weighted by molar-refractivity contribution is 5.71. The molecule has 0 spiro atoms. The Morgan fingerprint density at radius 2 is 0.591 bits per heavy atom. The maximum absolute atomic E-state index is 12.8. The van der Waals surface area contributed by atoms with Gasteiger partial charge in [-0.25, -0.2) is 0 Å². The molecule has 6 nitrogen and oxygen atoms in total. The highest BCUT2D eigenvalue weighted by atomic mass is 16.6. The van der Waals surface area contributed by atoms with Gasteiger partial charge in [-0.1, -0.05) is 242 Å². The molecular formula is C60H106O6. The van der Waals surface area contributed by atoms with Crippen molar-refractivity contribution in [2.75, 3.05) is 13.2 Å². The lowest BCUT2D eigenvalue weighted by molar-refractivity contribution is -0.167. The number of ether oxygens (including phenoxy) is 3. The Kier molecular flexibility index (Phi) is 52.3. The summed E-state index contributed by atoms with van der Waals surface area (Å²) in [6.45, 7) is 6.50. The summed E-state index contributed by atoms with van der Waals surface area (Å²) in [6.07, 6.45) is 68.0. The minimum absolute atomic E-state index is 0.0772. The van der Waals surface area contributed by atoms with Crippen molar-refractivity contribution in [1.82, 2.24) is 0 Å². The average molecular weight is 924 g/mol. The second kappa shape index (κ2) is 54.7. The van der Waals surface area contributed by atoms with Crippen molar-refractivity contribution in [2.45, 2.75) is 290 Å². The molecule has 0 aliphatic carbocycles. The van der Waals surface area contributed by atoms with Crippen LogP contribution < -0.4 is 0 Å². The van der Waals surface area contributed by atoms with Gasteiger partial charge in [0.25, 0.3) is 0 Å². The fourth-order valence-corrected chi connectivity index (χ4v) is 8.02. The molecule has 0 aliphatic rings. The molecule has 0 aliphatic heterocycles. The summed E-state index contributed by atoms with van der Waals surface area (Å²) in [4.78, 5) is 38.0. The first kappa shape index (κ1) is 63.1. The van der Waals surface area contributed by atoms with Crippen LogP contribution in [0.4, 0.5) is 0 Å². The highest BCUT2D eigenvalue weighted by Gasteiger charge is 2.19. The maximum atomic E-state index is 12.8. The summed E-state index contributed by atoms with van der Waals surface area (Å²) < 4.78 is 16.8. The van der Waals surface area contributed by atoms with E-state index in [1.807, 2.05) is 0 Å². The molecule has 0 aromatic carbocycles. The molecule has 0 radical (unpaired) electrons. The smallest absolute Gasteiger partial charge is 0.306 e. The van der Waals surface area contributed by atoms with E-state index >= 15 is 0 Å². The van der Waals surface area contributed by atoms with Gasteiger partial charge >= 0.3 is 17.9 Å². The van der Waals surface area contributed by atoms with Crippen LogP contribution >= 0.6 is 0 Å². The lowest BCUT2D eigenvalue weighted by Crippen LogP contribution is -2.30. The van der Waals surface area contributed by atoms with Crippen LogP contribution in [0.2, 0.25) is 0 Å². The molecule has 1 unspecified atom stereocenters. The molecule has 0 aromatic heterocycles. The van der Waals surface area contributed by atoms with E-state index < -0.39 is 6.10 Å². The SMILES string of the molecule is CC/C=C\C/C=C\C/C=C\CCCCCCCCCC(=O)OC(COC(=O)CCCCCCCCCC)COC(=O)CCCCCCCCCCCCC/C=C\C/C=C\CCCCCCC. The Hall–Kier alpha value is -2.89. The zero-order valence-corrected chi connectivity index (χ0v) is 43.7. The minimum atomic E-state index is -0.777. The summed E-state index contributed by atoms with van der Waals surface area (Å²) >= 11 is 0. The zero-order chi connectivity index (χ0) is 47.9. The van der Waals surface area contributed by atoms with Crippen molar-refractivity contribution in [3.05, 3.63) is 60.8 Å². The summed E-state index contributed by atoms with van der Waals surface area (Å²) in [5, 5.41) is 0. The summed E-state index contributed by atoms with van der Waals surface area (Å²) in [7, 11) is 0. The molecule has 382 valence electrons. The molecular weight excluding hydrogens is 817 g/mol. The monoisotopic (exact) mass is 923 g/mol. The van der Waals surface area contributed by atoms with Gasteiger partial charge in [0, 0.05) is 19.3 Å². The molecule has 6 heteroatoms. The number of esters is 3. The van der Waals surface area contributed by atoms with Gasteiger partial charge in [-0.3, -0.25) is 14.4 Å². The number of unbranched alkanes of at least 4 members (excludes halogenated alkanes) is 30. The normalized spacial score (nSPS) is 12.5. The van der Waals surface area contributed by atoms with Crippen LogP contribution in [0.15, 0.2) is 60.8 Å². The van der Waals surface area contributed by atoms with E-state index in [0.717, 1.165) is 89.9 Å². The van der Waals surface area contributed by atoms with E-state index in [1.165, 1.54) is 154 Å². The molecule has 0 rings (SSSR count). The molecule has 0 N–H and O–H groups in total. The zero-order valence-electron chi connectivity index (χ0n) is 43.7. The molecule has 1 atom stereocenters. The maximum Gasteiger partial charge on any atom is 0.306 e. The van der Waals surface area contributed by atoms with Gasteiger partial charge in [-0.15, -0.1) is 0 Å². The first-order valence-corrected chi connectivity index (χ1v) is 28.3. The van der Waals surface area contributed by atoms with Gasteiger partial charge in [-0.2, -0.15) is 0 Å². The molecule has 0 saturated carbocycles.